The normalized spacial score (nSPS) is 15.0. The lowest BCUT2D eigenvalue weighted by Crippen LogP contribution is -2.46. The van der Waals surface area contributed by atoms with Crippen LogP contribution in [0.5, 0.6) is 0 Å². The van der Waals surface area contributed by atoms with Crippen LogP contribution in [-0.2, 0) is 0 Å². The van der Waals surface area contributed by atoms with Gasteiger partial charge in [-0.2, -0.15) is 11.8 Å². The summed E-state index contributed by atoms with van der Waals surface area (Å²) in [5.74, 6) is 0.966. The first kappa shape index (κ1) is 11.3. The molecule has 0 saturated carbocycles. The molecule has 0 spiro atoms. The van der Waals surface area contributed by atoms with Gasteiger partial charge in [0.2, 0.25) is 0 Å². The van der Waals surface area contributed by atoms with E-state index in [0.29, 0.717) is 0 Å². The topological polar surface area (TPSA) is 32.3 Å². The summed E-state index contributed by atoms with van der Waals surface area (Å²) in [6, 6.07) is 0.227. The predicted octanol–water partition coefficient (Wildman–Crippen LogP) is 1.10. The fourth-order valence-electron chi connectivity index (χ4n) is 0.954. The minimum Gasteiger partial charge on any atom is -0.395 e. The van der Waals surface area contributed by atoms with Crippen molar-refractivity contribution >= 4 is 11.8 Å². The van der Waals surface area contributed by atoms with Crippen molar-refractivity contribution in [3.63, 3.8) is 0 Å². The molecule has 0 aliphatic carbocycles. The van der Waals surface area contributed by atoms with Gasteiger partial charge in [0.05, 0.1) is 6.61 Å². The third-order valence-corrected chi connectivity index (χ3v) is 1.96. The molecule has 0 radical (unpaired) electrons. The molecule has 11 heavy (non-hydrogen) atoms. The van der Waals surface area contributed by atoms with E-state index in [1.54, 1.807) is 11.8 Å². The van der Waals surface area contributed by atoms with E-state index in [1.165, 1.54) is 0 Å². The summed E-state index contributed by atoms with van der Waals surface area (Å²) < 4.78 is 0. The van der Waals surface area contributed by atoms with Crippen LogP contribution in [0, 0.1) is 0 Å². The lowest BCUT2D eigenvalue weighted by atomic mass is 10.1. The van der Waals surface area contributed by atoms with Crippen molar-refractivity contribution in [3.05, 3.63) is 0 Å². The molecular weight excluding hydrogens is 158 g/mol. The number of aliphatic hydroxyl groups excluding tert-OH is 1. The maximum atomic E-state index is 8.94. The van der Waals surface area contributed by atoms with Crippen LogP contribution in [0.15, 0.2) is 0 Å². The highest BCUT2D eigenvalue weighted by Gasteiger charge is 2.15. The molecule has 1 unspecified atom stereocenters. The van der Waals surface area contributed by atoms with Crippen molar-refractivity contribution in [2.75, 3.05) is 18.6 Å². The van der Waals surface area contributed by atoms with Crippen molar-refractivity contribution < 1.29 is 5.11 Å². The van der Waals surface area contributed by atoms with Gasteiger partial charge in [-0.05, 0) is 27.0 Å². The van der Waals surface area contributed by atoms with Crippen LogP contribution in [0.25, 0.3) is 0 Å². The zero-order valence-corrected chi connectivity index (χ0v) is 8.66. The number of hydrogen-bond acceptors (Lipinski definition) is 3. The second kappa shape index (κ2) is 5.01. The van der Waals surface area contributed by atoms with Crippen LogP contribution in [0.4, 0.5) is 0 Å². The number of hydrogen-bond donors (Lipinski definition) is 2. The summed E-state index contributed by atoms with van der Waals surface area (Å²) in [5.41, 5.74) is 0.100. The monoisotopic (exact) mass is 177 g/mol. The van der Waals surface area contributed by atoms with Crippen LogP contribution >= 0.6 is 11.8 Å². The molecule has 0 bridgehead atoms. The molecular formula is C8H19NOS. The fourth-order valence-corrected chi connectivity index (χ4v) is 1.54. The maximum Gasteiger partial charge on any atom is 0.0592 e. The van der Waals surface area contributed by atoms with Gasteiger partial charge in [-0.3, -0.25) is 0 Å². The van der Waals surface area contributed by atoms with E-state index in [0.717, 1.165) is 5.75 Å². The van der Waals surface area contributed by atoms with E-state index in [-0.39, 0.29) is 18.2 Å². The Balaban J connectivity index is 3.68. The Hall–Kier alpha value is 0.270. The van der Waals surface area contributed by atoms with Crippen molar-refractivity contribution in [1.29, 1.82) is 0 Å². The number of rotatable bonds is 4. The minimum atomic E-state index is 0.100. The maximum absolute atomic E-state index is 8.94. The summed E-state index contributed by atoms with van der Waals surface area (Å²) in [6.07, 6.45) is 2.05. The summed E-state index contributed by atoms with van der Waals surface area (Å²) in [4.78, 5) is 0. The van der Waals surface area contributed by atoms with Crippen LogP contribution in [0.1, 0.15) is 20.8 Å². The molecule has 2 N–H and O–H groups in total. The highest BCUT2D eigenvalue weighted by Crippen LogP contribution is 2.04. The second-order valence-corrected chi connectivity index (χ2v) is 4.64. The van der Waals surface area contributed by atoms with Gasteiger partial charge in [-0.1, -0.05) is 0 Å². The number of thioether (sulfide) groups is 1. The number of nitrogens with one attached hydrogen (secondary N) is 1. The van der Waals surface area contributed by atoms with Gasteiger partial charge in [-0.15, -0.1) is 0 Å². The van der Waals surface area contributed by atoms with Crippen LogP contribution < -0.4 is 5.32 Å². The lowest BCUT2D eigenvalue weighted by Gasteiger charge is -2.26. The van der Waals surface area contributed by atoms with Crippen molar-refractivity contribution in [3.8, 4) is 0 Å². The van der Waals surface area contributed by atoms with Gasteiger partial charge in [0.25, 0.3) is 0 Å². The van der Waals surface area contributed by atoms with Crippen LogP contribution in [-0.4, -0.2) is 35.3 Å². The first-order valence-corrected chi connectivity index (χ1v) is 5.26. The largest absolute Gasteiger partial charge is 0.395 e. The molecule has 0 aliphatic rings. The summed E-state index contributed by atoms with van der Waals surface area (Å²) >= 11 is 1.75. The van der Waals surface area contributed by atoms with Gasteiger partial charge in [0.15, 0.2) is 0 Å². The van der Waals surface area contributed by atoms with E-state index in [2.05, 4.69) is 26.1 Å². The second-order valence-electron chi connectivity index (χ2n) is 3.73. The highest BCUT2D eigenvalue weighted by molar-refractivity contribution is 7.98. The van der Waals surface area contributed by atoms with Gasteiger partial charge in [0, 0.05) is 17.3 Å². The van der Waals surface area contributed by atoms with Crippen LogP contribution in [0.3, 0.4) is 0 Å². The SMILES string of the molecule is CSCC(CO)NC(C)(C)C. The molecule has 0 aromatic rings. The van der Waals surface area contributed by atoms with Crippen LogP contribution in [0.2, 0.25) is 0 Å². The molecule has 0 amide bonds. The molecule has 68 valence electrons. The zero-order valence-electron chi connectivity index (χ0n) is 7.85. The molecule has 3 heteroatoms. The fraction of sp³-hybridized carbons (Fsp3) is 1.00. The van der Waals surface area contributed by atoms with Crippen molar-refractivity contribution in [2.45, 2.75) is 32.4 Å². The average Bonchev–Trinajstić information content (AvgIpc) is 1.84. The van der Waals surface area contributed by atoms with Crippen molar-refractivity contribution in [1.82, 2.24) is 5.32 Å². The predicted molar refractivity (Wildman–Crippen MR) is 52.1 cm³/mol. The quantitative estimate of drug-likeness (QED) is 0.674. The first-order chi connectivity index (χ1) is 4.99. The minimum absolute atomic E-state index is 0.100. The highest BCUT2D eigenvalue weighted by atomic mass is 32.2. The Kier molecular flexibility index (Phi) is 5.13. The van der Waals surface area contributed by atoms with Gasteiger partial charge < -0.3 is 10.4 Å². The van der Waals surface area contributed by atoms with Gasteiger partial charge >= 0.3 is 0 Å². The zero-order chi connectivity index (χ0) is 8.91. The molecule has 0 fully saturated rings. The Bertz CT molecular complexity index is 101. The van der Waals surface area contributed by atoms with E-state index >= 15 is 0 Å². The smallest absolute Gasteiger partial charge is 0.0592 e. The van der Waals surface area contributed by atoms with Gasteiger partial charge in [0.1, 0.15) is 0 Å². The first-order valence-electron chi connectivity index (χ1n) is 3.87. The Morgan fingerprint density at radius 3 is 2.27 bits per heavy atom. The van der Waals surface area contributed by atoms with E-state index < -0.39 is 0 Å². The van der Waals surface area contributed by atoms with E-state index in [1.807, 2.05) is 6.26 Å². The lowest BCUT2D eigenvalue weighted by molar-refractivity contribution is 0.228. The third-order valence-electron chi connectivity index (χ3n) is 1.23. The summed E-state index contributed by atoms with van der Waals surface area (Å²) in [6.45, 7) is 6.54. The van der Waals surface area contributed by atoms with E-state index in [9.17, 15) is 0 Å². The Morgan fingerprint density at radius 1 is 1.45 bits per heavy atom. The standard InChI is InChI=1S/C8H19NOS/c1-8(2,3)9-7(5-10)6-11-4/h7,9-10H,5-6H2,1-4H3. The third kappa shape index (κ3) is 6.66. The molecule has 0 aromatic carbocycles. The Morgan fingerprint density at radius 2 is 2.00 bits per heavy atom. The average molecular weight is 177 g/mol. The van der Waals surface area contributed by atoms with E-state index in [4.69, 9.17) is 5.11 Å². The molecule has 0 rings (SSSR count). The molecule has 0 aliphatic heterocycles. The van der Waals surface area contributed by atoms with Crippen molar-refractivity contribution in [2.24, 2.45) is 0 Å². The molecule has 0 saturated heterocycles. The summed E-state index contributed by atoms with van der Waals surface area (Å²) in [7, 11) is 0. The Labute approximate surface area is 73.8 Å². The molecule has 1 atom stereocenters. The van der Waals surface area contributed by atoms with Gasteiger partial charge in [-0.25, -0.2) is 0 Å². The molecule has 0 heterocycles. The summed E-state index contributed by atoms with van der Waals surface area (Å²) in [5, 5.41) is 12.3. The molecule has 2 nitrogen and oxygen atoms in total. The number of aliphatic hydroxyl groups is 1. The molecule has 0 aromatic heterocycles.